The maximum Gasteiger partial charge on any atom is 0.194 e. The molecule has 0 aromatic rings. The average Bonchev–Trinajstić information content (AvgIpc) is 2.03. The van der Waals surface area contributed by atoms with Gasteiger partial charge in [0.1, 0.15) is 0 Å². The van der Waals surface area contributed by atoms with E-state index in [9.17, 15) is 4.57 Å². The van der Waals surface area contributed by atoms with E-state index in [1.54, 1.807) is 0 Å². The smallest absolute Gasteiger partial charge is 0.194 e. The van der Waals surface area contributed by atoms with Crippen LogP contribution in [0.4, 0.5) is 0 Å². The van der Waals surface area contributed by atoms with Crippen molar-refractivity contribution in [3.63, 3.8) is 0 Å². The largest absolute Gasteiger partial charge is 0.330 e. The summed E-state index contributed by atoms with van der Waals surface area (Å²) in [6.07, 6.45) is 3.08. The summed E-state index contributed by atoms with van der Waals surface area (Å²) in [7, 11) is -1.74. The molecular formula is C8H19AlO2P. The molecule has 2 atom stereocenters. The molecule has 4 heteroatoms. The zero-order valence-electron chi connectivity index (χ0n) is 8.30. The summed E-state index contributed by atoms with van der Waals surface area (Å²) in [6, 6.07) is 0. The second kappa shape index (κ2) is 9.81. The minimum atomic E-state index is -1.74. The van der Waals surface area contributed by atoms with Crippen molar-refractivity contribution in [2.75, 3.05) is 6.61 Å². The first-order valence-corrected chi connectivity index (χ1v) is 5.78. The van der Waals surface area contributed by atoms with Gasteiger partial charge in [-0.3, -0.25) is 4.57 Å². The summed E-state index contributed by atoms with van der Waals surface area (Å²) >= 11 is 0. The first-order chi connectivity index (χ1) is 5.22. The van der Waals surface area contributed by atoms with Crippen LogP contribution >= 0.6 is 8.03 Å². The van der Waals surface area contributed by atoms with E-state index in [4.69, 9.17) is 4.52 Å². The summed E-state index contributed by atoms with van der Waals surface area (Å²) in [4.78, 5) is 0. The van der Waals surface area contributed by atoms with Crippen LogP contribution in [0.3, 0.4) is 0 Å². The van der Waals surface area contributed by atoms with E-state index in [0.717, 1.165) is 19.3 Å². The molecule has 3 radical (unpaired) electrons. The SMILES string of the molecule is CCCCO[PH](=O)C(C)CC.[Al]. The van der Waals surface area contributed by atoms with Gasteiger partial charge in [0.25, 0.3) is 0 Å². The molecule has 0 spiro atoms. The maximum atomic E-state index is 11.2. The van der Waals surface area contributed by atoms with Crippen LogP contribution in [0.15, 0.2) is 0 Å². The molecule has 0 aromatic carbocycles. The molecule has 2 unspecified atom stereocenters. The first kappa shape index (κ1) is 15.2. The van der Waals surface area contributed by atoms with Gasteiger partial charge in [-0.2, -0.15) is 0 Å². The van der Waals surface area contributed by atoms with Gasteiger partial charge in [-0.05, 0) is 12.8 Å². The predicted molar refractivity (Wildman–Crippen MR) is 55.4 cm³/mol. The van der Waals surface area contributed by atoms with E-state index in [1.165, 1.54) is 0 Å². The Morgan fingerprint density at radius 3 is 2.42 bits per heavy atom. The highest BCUT2D eigenvalue weighted by Gasteiger charge is 2.07. The highest BCUT2D eigenvalue weighted by atomic mass is 31.1. The maximum absolute atomic E-state index is 11.2. The van der Waals surface area contributed by atoms with Crippen molar-refractivity contribution in [2.24, 2.45) is 0 Å². The third-order valence-electron chi connectivity index (χ3n) is 1.76. The van der Waals surface area contributed by atoms with Crippen molar-refractivity contribution in [1.29, 1.82) is 0 Å². The Hall–Kier alpha value is 0.722. The molecule has 71 valence electrons. The molecular weight excluding hydrogens is 186 g/mol. The monoisotopic (exact) mass is 205 g/mol. The van der Waals surface area contributed by atoms with Gasteiger partial charge in [-0.15, -0.1) is 0 Å². The molecule has 0 rings (SSSR count). The van der Waals surface area contributed by atoms with E-state index in [-0.39, 0.29) is 23.0 Å². The van der Waals surface area contributed by atoms with Crippen molar-refractivity contribution in [1.82, 2.24) is 0 Å². The fourth-order valence-corrected chi connectivity index (χ4v) is 1.59. The second-order valence-electron chi connectivity index (χ2n) is 2.83. The molecule has 0 N–H and O–H groups in total. The topological polar surface area (TPSA) is 26.3 Å². The molecule has 0 heterocycles. The van der Waals surface area contributed by atoms with Gasteiger partial charge in [0.05, 0.1) is 6.61 Å². The van der Waals surface area contributed by atoms with Gasteiger partial charge in [0.15, 0.2) is 8.03 Å². The van der Waals surface area contributed by atoms with E-state index < -0.39 is 8.03 Å². The Labute approximate surface area is 87.1 Å². The van der Waals surface area contributed by atoms with Gasteiger partial charge >= 0.3 is 0 Å². The Morgan fingerprint density at radius 2 is 2.00 bits per heavy atom. The van der Waals surface area contributed by atoms with Gasteiger partial charge in [0.2, 0.25) is 0 Å². The van der Waals surface area contributed by atoms with E-state index in [1.807, 2.05) is 13.8 Å². The van der Waals surface area contributed by atoms with E-state index in [2.05, 4.69) is 6.92 Å². The van der Waals surface area contributed by atoms with Crippen LogP contribution in [0.25, 0.3) is 0 Å². The van der Waals surface area contributed by atoms with Crippen molar-refractivity contribution in [3.8, 4) is 0 Å². The van der Waals surface area contributed by atoms with E-state index in [0.29, 0.717) is 6.61 Å². The van der Waals surface area contributed by atoms with Crippen LogP contribution < -0.4 is 0 Å². The van der Waals surface area contributed by atoms with Crippen LogP contribution in [-0.4, -0.2) is 29.6 Å². The predicted octanol–water partition coefficient (Wildman–Crippen LogP) is 2.70. The molecule has 12 heavy (non-hydrogen) atoms. The second-order valence-corrected chi connectivity index (χ2v) is 4.74. The average molecular weight is 205 g/mol. The molecule has 2 nitrogen and oxygen atoms in total. The highest BCUT2D eigenvalue weighted by Crippen LogP contribution is 2.31. The van der Waals surface area contributed by atoms with Crippen molar-refractivity contribution in [3.05, 3.63) is 0 Å². The van der Waals surface area contributed by atoms with Crippen LogP contribution in [0, 0.1) is 0 Å². The zero-order valence-corrected chi connectivity index (χ0v) is 10.5. The summed E-state index contributed by atoms with van der Waals surface area (Å²) in [5.74, 6) is 0. The summed E-state index contributed by atoms with van der Waals surface area (Å²) in [6.45, 7) is 6.78. The number of hydrogen-bond donors (Lipinski definition) is 0. The fraction of sp³-hybridized carbons (Fsp3) is 1.00. The highest BCUT2D eigenvalue weighted by molar-refractivity contribution is 7.39. The van der Waals surface area contributed by atoms with Gasteiger partial charge in [-0.25, -0.2) is 0 Å². The molecule has 0 fully saturated rings. The number of rotatable bonds is 6. The van der Waals surface area contributed by atoms with Gasteiger partial charge in [-0.1, -0.05) is 27.2 Å². The standard InChI is InChI=1S/C8H19O2P.Al/c1-4-6-7-10-11(9)8(3)5-2;/h8,11H,4-7H2,1-3H3;. The number of unbranched alkanes of at least 4 members (excludes halogenated alkanes) is 1. The Kier molecular flexibility index (Phi) is 12.4. The zero-order chi connectivity index (χ0) is 8.69. The first-order valence-electron chi connectivity index (χ1n) is 4.39. The molecule has 0 amide bonds. The lowest BCUT2D eigenvalue weighted by Gasteiger charge is -2.08. The third kappa shape index (κ3) is 7.38. The van der Waals surface area contributed by atoms with Crippen LogP contribution in [0.1, 0.15) is 40.0 Å². The molecule has 0 aromatic heterocycles. The van der Waals surface area contributed by atoms with Gasteiger partial charge < -0.3 is 4.52 Å². The Bertz CT molecular complexity index is 120. The molecule has 0 saturated heterocycles. The molecule has 0 bridgehead atoms. The summed E-state index contributed by atoms with van der Waals surface area (Å²) in [5, 5.41) is 0. The van der Waals surface area contributed by atoms with Crippen LogP contribution in [-0.2, 0) is 9.09 Å². The Morgan fingerprint density at radius 1 is 1.42 bits per heavy atom. The molecule has 0 aliphatic carbocycles. The lowest BCUT2D eigenvalue weighted by atomic mass is 10.4. The Balaban J connectivity index is 0. The molecule has 0 saturated carbocycles. The van der Waals surface area contributed by atoms with E-state index >= 15 is 0 Å². The van der Waals surface area contributed by atoms with Crippen LogP contribution in [0.5, 0.6) is 0 Å². The minimum absolute atomic E-state index is 0. The van der Waals surface area contributed by atoms with Crippen molar-refractivity contribution >= 4 is 25.4 Å². The van der Waals surface area contributed by atoms with Crippen LogP contribution in [0.2, 0.25) is 0 Å². The fourth-order valence-electron chi connectivity index (χ4n) is 0.626. The molecule has 0 aliphatic heterocycles. The van der Waals surface area contributed by atoms with Crippen molar-refractivity contribution in [2.45, 2.75) is 45.7 Å². The van der Waals surface area contributed by atoms with Crippen molar-refractivity contribution < 1.29 is 9.09 Å². The summed E-state index contributed by atoms with van der Waals surface area (Å²) in [5.41, 5.74) is 0.247. The minimum Gasteiger partial charge on any atom is -0.330 e. The summed E-state index contributed by atoms with van der Waals surface area (Å²) < 4.78 is 16.4. The molecule has 0 aliphatic rings. The normalized spacial score (nSPS) is 14.9. The lowest BCUT2D eigenvalue weighted by Crippen LogP contribution is -1.96. The lowest BCUT2D eigenvalue weighted by molar-refractivity contribution is 0.315. The third-order valence-corrected chi connectivity index (χ3v) is 3.46. The number of hydrogen-bond acceptors (Lipinski definition) is 2. The van der Waals surface area contributed by atoms with Gasteiger partial charge in [0, 0.05) is 23.0 Å². The quantitative estimate of drug-likeness (QED) is 0.378.